The molecule has 8 nitrogen and oxygen atoms in total. The van der Waals surface area contributed by atoms with E-state index in [1.165, 1.54) is 16.2 Å². The Balaban J connectivity index is 1.65. The van der Waals surface area contributed by atoms with E-state index in [0.717, 1.165) is 26.8 Å². The average Bonchev–Trinajstić information content (AvgIpc) is 3.22. The highest BCUT2D eigenvalue weighted by atomic mass is 32.1. The lowest BCUT2D eigenvalue weighted by molar-refractivity contribution is -0.135. The minimum absolute atomic E-state index is 0.0160. The minimum Gasteiger partial charge on any atom is -0.335 e. The van der Waals surface area contributed by atoms with Gasteiger partial charge in [0, 0.05) is 30.7 Å². The van der Waals surface area contributed by atoms with Crippen LogP contribution in [0.15, 0.2) is 6.07 Å². The van der Waals surface area contributed by atoms with Crippen LogP contribution in [0.25, 0.3) is 0 Å². The number of nitrogens with zero attached hydrogens (tertiary/aromatic N) is 5. The van der Waals surface area contributed by atoms with Crippen molar-refractivity contribution in [1.82, 2.24) is 19.6 Å². The second-order valence-corrected chi connectivity index (χ2v) is 9.12. The van der Waals surface area contributed by atoms with Gasteiger partial charge in [-0.25, -0.2) is 0 Å². The molecule has 0 N–H and O–H groups in total. The molecule has 9 heteroatoms. The quantitative estimate of drug-likeness (QED) is 0.749. The summed E-state index contributed by atoms with van der Waals surface area (Å²) in [5.41, 5.74) is 3.48. The maximum absolute atomic E-state index is 13.2. The van der Waals surface area contributed by atoms with Crippen LogP contribution in [0.1, 0.15) is 52.1 Å². The number of thiophene rings is 1. The first-order valence-corrected chi connectivity index (χ1v) is 11.1. The summed E-state index contributed by atoms with van der Waals surface area (Å²) in [6.45, 7) is 9.28. The number of fused-ring (bicyclic) bond motifs is 3. The number of carbonyl (C=O) groups excluding carboxylic acids is 3. The highest BCUT2D eigenvalue weighted by Gasteiger charge is 2.37. The molecule has 4 rings (SSSR count). The van der Waals surface area contributed by atoms with Gasteiger partial charge in [0.05, 0.1) is 17.8 Å². The summed E-state index contributed by atoms with van der Waals surface area (Å²) >= 11 is 1.47. The summed E-state index contributed by atoms with van der Waals surface area (Å²) < 4.78 is 1.77. The maximum Gasteiger partial charge on any atom is 0.257 e. The number of aromatic nitrogens is 2. The van der Waals surface area contributed by atoms with Crippen molar-refractivity contribution in [3.05, 3.63) is 33.5 Å². The lowest BCUT2D eigenvalue weighted by Crippen LogP contribution is -2.40. The number of rotatable bonds is 3. The number of likely N-dealkylation sites (N-methyl/N-ethyl adjacent to an activating group) is 2. The first-order valence-electron chi connectivity index (χ1n) is 10.2. The fourth-order valence-electron chi connectivity index (χ4n) is 4.38. The van der Waals surface area contributed by atoms with Gasteiger partial charge in [0.15, 0.2) is 0 Å². The molecule has 0 saturated heterocycles. The third-order valence-electron chi connectivity index (χ3n) is 5.91. The molecule has 160 valence electrons. The van der Waals surface area contributed by atoms with Crippen LogP contribution in [0.3, 0.4) is 0 Å². The van der Waals surface area contributed by atoms with E-state index >= 15 is 0 Å². The Hall–Kier alpha value is -2.68. The summed E-state index contributed by atoms with van der Waals surface area (Å²) in [6.07, 6.45) is 0.613. The molecule has 0 spiro atoms. The topological polar surface area (TPSA) is 78.8 Å². The molecule has 3 amide bonds. The first kappa shape index (κ1) is 20.6. The van der Waals surface area contributed by atoms with Crippen molar-refractivity contribution >= 4 is 34.1 Å². The number of carbonyl (C=O) groups is 3. The second kappa shape index (κ2) is 7.54. The smallest absolute Gasteiger partial charge is 0.257 e. The molecule has 0 aliphatic carbocycles. The Morgan fingerprint density at radius 3 is 2.63 bits per heavy atom. The second-order valence-electron chi connectivity index (χ2n) is 8.04. The molecule has 30 heavy (non-hydrogen) atoms. The van der Waals surface area contributed by atoms with Crippen LogP contribution in [0, 0.1) is 13.8 Å². The van der Waals surface area contributed by atoms with E-state index in [1.807, 2.05) is 38.7 Å². The van der Waals surface area contributed by atoms with E-state index in [4.69, 9.17) is 0 Å². The van der Waals surface area contributed by atoms with E-state index in [-0.39, 0.29) is 30.3 Å². The minimum atomic E-state index is -0.389. The number of anilines is 1. The number of amides is 3. The van der Waals surface area contributed by atoms with Gasteiger partial charge in [-0.3, -0.25) is 19.1 Å². The maximum atomic E-state index is 13.2. The third-order valence-corrected chi connectivity index (χ3v) is 7.15. The Kier molecular flexibility index (Phi) is 5.17. The third kappa shape index (κ3) is 3.21. The van der Waals surface area contributed by atoms with Crippen molar-refractivity contribution in [3.63, 3.8) is 0 Å². The lowest BCUT2D eigenvalue weighted by atomic mass is 10.0. The molecule has 0 fully saturated rings. The van der Waals surface area contributed by atoms with E-state index in [1.54, 1.807) is 16.6 Å². The fourth-order valence-corrected chi connectivity index (χ4v) is 5.81. The average molecular weight is 430 g/mol. The number of hydrogen-bond acceptors (Lipinski definition) is 5. The van der Waals surface area contributed by atoms with Gasteiger partial charge in [-0.1, -0.05) is 0 Å². The van der Waals surface area contributed by atoms with Crippen LogP contribution in [-0.4, -0.2) is 64.0 Å². The molecule has 1 atom stereocenters. The van der Waals surface area contributed by atoms with E-state index in [2.05, 4.69) is 5.10 Å². The molecule has 2 aromatic heterocycles. The fraction of sp³-hybridized carbons (Fsp3) is 0.524. The van der Waals surface area contributed by atoms with Crippen LogP contribution in [-0.2, 0) is 22.6 Å². The van der Waals surface area contributed by atoms with Crippen molar-refractivity contribution in [2.45, 2.75) is 46.7 Å². The largest absolute Gasteiger partial charge is 0.335 e. The van der Waals surface area contributed by atoms with Gasteiger partial charge in [0.25, 0.3) is 5.91 Å². The summed E-state index contributed by atoms with van der Waals surface area (Å²) in [5.74, 6) is -0.165. The summed E-state index contributed by atoms with van der Waals surface area (Å²) in [7, 11) is 1.67. The molecule has 0 radical (unpaired) electrons. The molecule has 1 unspecified atom stereocenters. The first-order chi connectivity index (χ1) is 14.2. The highest BCUT2D eigenvalue weighted by molar-refractivity contribution is 7.17. The predicted octanol–water partition coefficient (Wildman–Crippen LogP) is 2.15. The normalized spacial score (nSPS) is 17.7. The van der Waals surface area contributed by atoms with Gasteiger partial charge in [0.1, 0.15) is 17.6 Å². The van der Waals surface area contributed by atoms with Crippen molar-refractivity contribution in [1.29, 1.82) is 0 Å². The Bertz CT molecular complexity index is 1040. The monoisotopic (exact) mass is 429 g/mol. The molecule has 0 bridgehead atoms. The molecule has 4 heterocycles. The van der Waals surface area contributed by atoms with Gasteiger partial charge >= 0.3 is 0 Å². The van der Waals surface area contributed by atoms with E-state index in [9.17, 15) is 14.4 Å². The molecule has 0 aromatic carbocycles. The van der Waals surface area contributed by atoms with Crippen molar-refractivity contribution < 1.29 is 14.4 Å². The van der Waals surface area contributed by atoms with Crippen molar-refractivity contribution in [2.75, 3.05) is 31.6 Å². The zero-order valence-electron chi connectivity index (χ0n) is 18.1. The molecule has 2 aromatic rings. The van der Waals surface area contributed by atoms with Gasteiger partial charge in [-0.05, 0) is 45.7 Å². The van der Waals surface area contributed by atoms with Crippen molar-refractivity contribution in [3.8, 4) is 0 Å². The number of hydrogen-bond donors (Lipinski definition) is 0. The predicted molar refractivity (Wildman–Crippen MR) is 115 cm³/mol. The van der Waals surface area contributed by atoms with Crippen LogP contribution < -0.4 is 4.90 Å². The Labute approximate surface area is 180 Å². The van der Waals surface area contributed by atoms with Gasteiger partial charge < -0.3 is 14.7 Å². The zero-order valence-corrected chi connectivity index (χ0v) is 18.9. The van der Waals surface area contributed by atoms with E-state index < -0.39 is 0 Å². The van der Waals surface area contributed by atoms with Crippen LogP contribution in [0.5, 0.6) is 0 Å². The SMILES string of the molecule is CCN1C(=O)CN(C)C(=O)c2c1sc1c2CCN(C(=O)C(C)n2nc(C)cc2C)C1. The van der Waals surface area contributed by atoms with Gasteiger partial charge in [0.2, 0.25) is 11.8 Å². The Morgan fingerprint density at radius 2 is 2.00 bits per heavy atom. The summed E-state index contributed by atoms with van der Waals surface area (Å²) in [6, 6.07) is 1.58. The van der Waals surface area contributed by atoms with Crippen LogP contribution >= 0.6 is 11.3 Å². The molecular weight excluding hydrogens is 402 g/mol. The summed E-state index contributed by atoms with van der Waals surface area (Å²) in [4.78, 5) is 44.8. The van der Waals surface area contributed by atoms with Crippen molar-refractivity contribution in [2.24, 2.45) is 0 Å². The van der Waals surface area contributed by atoms with Crippen LogP contribution in [0.4, 0.5) is 5.00 Å². The number of aryl methyl sites for hydroxylation is 2. The molecule has 2 aliphatic rings. The van der Waals surface area contributed by atoms with Crippen LogP contribution in [0.2, 0.25) is 0 Å². The summed E-state index contributed by atoms with van der Waals surface area (Å²) in [5, 5.41) is 5.18. The zero-order chi connectivity index (χ0) is 21.7. The highest BCUT2D eigenvalue weighted by Crippen LogP contribution is 2.41. The molecular formula is C21H27N5O3S. The van der Waals surface area contributed by atoms with Gasteiger partial charge in [-0.15, -0.1) is 11.3 Å². The molecule has 0 saturated carbocycles. The standard InChI is InChI=1S/C21H27N5O3S/c1-6-25-17(27)11-23(5)20(29)18-15-7-8-24(10-16(15)30-21(18)25)19(28)14(4)26-13(3)9-12(2)22-26/h9,14H,6-8,10-11H2,1-5H3. The van der Waals surface area contributed by atoms with E-state index in [0.29, 0.717) is 31.6 Å². The van der Waals surface area contributed by atoms with Gasteiger partial charge in [-0.2, -0.15) is 5.10 Å². The Morgan fingerprint density at radius 1 is 1.27 bits per heavy atom. The lowest BCUT2D eigenvalue weighted by Gasteiger charge is -2.30. The molecule has 2 aliphatic heterocycles.